The van der Waals surface area contributed by atoms with Crippen molar-refractivity contribution < 1.29 is 4.74 Å². The van der Waals surface area contributed by atoms with E-state index in [4.69, 9.17) is 4.74 Å². The average Bonchev–Trinajstić information content (AvgIpc) is 2.31. The highest BCUT2D eigenvalue weighted by Gasteiger charge is 2.20. The zero-order valence-corrected chi connectivity index (χ0v) is 10.4. The van der Waals surface area contributed by atoms with Crippen LogP contribution in [0.15, 0.2) is 23.8 Å². The number of rotatable bonds is 3. The van der Waals surface area contributed by atoms with Crippen LogP contribution in [0, 0.1) is 5.92 Å². The van der Waals surface area contributed by atoms with Crippen molar-refractivity contribution in [1.29, 1.82) is 0 Å². The van der Waals surface area contributed by atoms with Crippen molar-refractivity contribution in [2.45, 2.75) is 26.2 Å². The zero-order chi connectivity index (χ0) is 11.4. The molecule has 0 aromatic rings. The normalized spacial score (nSPS) is 24.8. The van der Waals surface area contributed by atoms with E-state index in [-0.39, 0.29) is 0 Å². The van der Waals surface area contributed by atoms with Gasteiger partial charge in [0, 0.05) is 32.8 Å². The van der Waals surface area contributed by atoms with Crippen LogP contribution >= 0.6 is 0 Å². The molecule has 0 spiro atoms. The minimum atomic E-state index is 0.854. The standard InChI is InChI=1S/C14H23NO/c1-3-14-4-7-15(10-12(14)2)11-13-5-8-16-9-6-13/h3,13H,1,4-11H2,2H3. The SMILES string of the molecule is C=CC1=C(C)CN(CC2CCOCC2)CC1. The summed E-state index contributed by atoms with van der Waals surface area (Å²) in [7, 11) is 0. The van der Waals surface area contributed by atoms with E-state index >= 15 is 0 Å². The van der Waals surface area contributed by atoms with Gasteiger partial charge >= 0.3 is 0 Å². The van der Waals surface area contributed by atoms with Gasteiger partial charge in [-0.15, -0.1) is 0 Å². The summed E-state index contributed by atoms with van der Waals surface area (Å²) >= 11 is 0. The lowest BCUT2D eigenvalue weighted by Gasteiger charge is -2.33. The van der Waals surface area contributed by atoms with Crippen molar-refractivity contribution in [1.82, 2.24) is 4.90 Å². The quantitative estimate of drug-likeness (QED) is 0.726. The lowest BCUT2D eigenvalue weighted by Crippen LogP contribution is -2.36. The minimum absolute atomic E-state index is 0.854. The highest BCUT2D eigenvalue weighted by atomic mass is 16.5. The molecule has 2 heterocycles. The predicted molar refractivity (Wildman–Crippen MR) is 67.5 cm³/mol. The fourth-order valence-corrected chi connectivity index (χ4v) is 2.73. The molecule has 2 aliphatic heterocycles. The summed E-state index contributed by atoms with van der Waals surface area (Å²) in [6.45, 7) is 11.6. The Bertz CT molecular complexity index is 276. The van der Waals surface area contributed by atoms with Crippen LogP contribution in [-0.2, 0) is 4.74 Å². The first kappa shape index (κ1) is 11.9. The van der Waals surface area contributed by atoms with Crippen LogP contribution in [0.3, 0.4) is 0 Å². The van der Waals surface area contributed by atoms with Gasteiger partial charge in [-0.3, -0.25) is 4.90 Å². The van der Waals surface area contributed by atoms with Gasteiger partial charge < -0.3 is 4.74 Å². The molecule has 1 saturated heterocycles. The van der Waals surface area contributed by atoms with Crippen LogP contribution < -0.4 is 0 Å². The first-order valence-corrected chi connectivity index (χ1v) is 6.40. The fourth-order valence-electron chi connectivity index (χ4n) is 2.73. The van der Waals surface area contributed by atoms with E-state index in [0.29, 0.717) is 0 Å². The molecule has 0 aromatic carbocycles. The molecule has 0 N–H and O–H groups in total. The molecule has 1 fully saturated rings. The Kier molecular flexibility index (Phi) is 4.19. The number of allylic oxidation sites excluding steroid dienone is 1. The number of hydrogen-bond donors (Lipinski definition) is 0. The van der Waals surface area contributed by atoms with Crippen molar-refractivity contribution in [3.05, 3.63) is 23.8 Å². The van der Waals surface area contributed by atoms with Crippen LogP contribution in [0.2, 0.25) is 0 Å². The van der Waals surface area contributed by atoms with Gasteiger partial charge in [-0.05, 0) is 37.7 Å². The van der Waals surface area contributed by atoms with Gasteiger partial charge in [-0.1, -0.05) is 18.2 Å². The first-order valence-electron chi connectivity index (χ1n) is 6.40. The highest BCUT2D eigenvalue weighted by molar-refractivity contribution is 5.26. The van der Waals surface area contributed by atoms with Crippen LogP contribution in [0.4, 0.5) is 0 Å². The second kappa shape index (κ2) is 5.65. The monoisotopic (exact) mass is 221 g/mol. The molecule has 0 bridgehead atoms. The summed E-state index contributed by atoms with van der Waals surface area (Å²) in [4.78, 5) is 2.60. The third-order valence-electron chi connectivity index (χ3n) is 3.81. The van der Waals surface area contributed by atoms with Gasteiger partial charge in [0.2, 0.25) is 0 Å². The molecule has 2 heteroatoms. The second-order valence-electron chi connectivity index (χ2n) is 5.05. The molecule has 0 amide bonds. The van der Waals surface area contributed by atoms with Gasteiger partial charge in [0.05, 0.1) is 0 Å². The fraction of sp³-hybridized carbons (Fsp3) is 0.714. The molecule has 90 valence electrons. The molecule has 16 heavy (non-hydrogen) atoms. The summed E-state index contributed by atoms with van der Waals surface area (Å²) in [5.41, 5.74) is 2.97. The molecule has 2 rings (SSSR count). The summed E-state index contributed by atoms with van der Waals surface area (Å²) in [5, 5.41) is 0. The molecule has 0 saturated carbocycles. The Balaban J connectivity index is 1.83. The smallest absolute Gasteiger partial charge is 0.0469 e. The Hall–Kier alpha value is -0.600. The van der Waals surface area contributed by atoms with Gasteiger partial charge in [0.25, 0.3) is 0 Å². The molecular weight excluding hydrogens is 198 g/mol. The van der Waals surface area contributed by atoms with Crippen molar-refractivity contribution in [2.75, 3.05) is 32.8 Å². The van der Waals surface area contributed by atoms with E-state index < -0.39 is 0 Å². The van der Waals surface area contributed by atoms with E-state index in [2.05, 4.69) is 18.4 Å². The Morgan fingerprint density at radius 2 is 2.19 bits per heavy atom. The summed E-state index contributed by atoms with van der Waals surface area (Å²) < 4.78 is 5.40. The topological polar surface area (TPSA) is 12.5 Å². The Morgan fingerprint density at radius 1 is 1.44 bits per heavy atom. The lowest BCUT2D eigenvalue weighted by atomic mass is 9.96. The van der Waals surface area contributed by atoms with Crippen LogP contribution in [-0.4, -0.2) is 37.7 Å². The van der Waals surface area contributed by atoms with Crippen molar-refractivity contribution in [3.63, 3.8) is 0 Å². The van der Waals surface area contributed by atoms with Crippen molar-refractivity contribution >= 4 is 0 Å². The molecule has 0 aliphatic carbocycles. The van der Waals surface area contributed by atoms with Gasteiger partial charge in [-0.25, -0.2) is 0 Å². The molecular formula is C14H23NO. The van der Waals surface area contributed by atoms with Gasteiger partial charge in [0.1, 0.15) is 0 Å². The maximum Gasteiger partial charge on any atom is 0.0469 e. The van der Waals surface area contributed by atoms with Crippen LogP contribution in [0.1, 0.15) is 26.2 Å². The van der Waals surface area contributed by atoms with E-state index in [9.17, 15) is 0 Å². The van der Waals surface area contributed by atoms with Crippen LogP contribution in [0.25, 0.3) is 0 Å². The molecule has 2 nitrogen and oxygen atoms in total. The van der Waals surface area contributed by atoms with Crippen LogP contribution in [0.5, 0.6) is 0 Å². The van der Waals surface area contributed by atoms with E-state index in [1.807, 2.05) is 6.08 Å². The molecule has 0 unspecified atom stereocenters. The third-order valence-corrected chi connectivity index (χ3v) is 3.81. The second-order valence-corrected chi connectivity index (χ2v) is 5.05. The van der Waals surface area contributed by atoms with E-state index in [0.717, 1.165) is 25.7 Å². The van der Waals surface area contributed by atoms with Gasteiger partial charge in [-0.2, -0.15) is 0 Å². The summed E-state index contributed by atoms with van der Waals surface area (Å²) in [6, 6.07) is 0. The predicted octanol–water partition coefficient (Wildman–Crippen LogP) is 2.62. The average molecular weight is 221 g/mol. The van der Waals surface area contributed by atoms with Crippen molar-refractivity contribution in [3.8, 4) is 0 Å². The summed E-state index contributed by atoms with van der Waals surface area (Å²) in [6.07, 6.45) is 5.70. The first-order chi connectivity index (χ1) is 7.79. The summed E-state index contributed by atoms with van der Waals surface area (Å²) in [5.74, 6) is 0.854. The zero-order valence-electron chi connectivity index (χ0n) is 10.4. The lowest BCUT2D eigenvalue weighted by molar-refractivity contribution is 0.0532. The number of nitrogens with zero attached hydrogens (tertiary/aromatic N) is 1. The molecule has 0 radical (unpaired) electrons. The molecule has 0 aromatic heterocycles. The minimum Gasteiger partial charge on any atom is -0.381 e. The van der Waals surface area contributed by atoms with Gasteiger partial charge in [0.15, 0.2) is 0 Å². The highest BCUT2D eigenvalue weighted by Crippen LogP contribution is 2.22. The van der Waals surface area contributed by atoms with E-state index in [1.54, 1.807) is 0 Å². The Labute approximate surface area is 99.0 Å². The number of hydrogen-bond acceptors (Lipinski definition) is 2. The Morgan fingerprint density at radius 3 is 2.81 bits per heavy atom. The van der Waals surface area contributed by atoms with Crippen molar-refractivity contribution in [2.24, 2.45) is 5.92 Å². The maximum atomic E-state index is 5.40. The number of ether oxygens (including phenoxy) is 1. The molecule has 0 atom stereocenters. The third kappa shape index (κ3) is 2.96. The largest absolute Gasteiger partial charge is 0.381 e. The molecule has 2 aliphatic rings. The van der Waals surface area contributed by atoms with E-state index in [1.165, 1.54) is 43.5 Å². The maximum absolute atomic E-state index is 5.40.